The van der Waals surface area contributed by atoms with Crippen LogP contribution in [0, 0.1) is 6.92 Å². The van der Waals surface area contributed by atoms with E-state index in [1.165, 1.54) is 0 Å². The Hall–Kier alpha value is -1.36. The van der Waals surface area contributed by atoms with Crippen LogP contribution in [-0.2, 0) is 0 Å². The summed E-state index contributed by atoms with van der Waals surface area (Å²) in [6, 6.07) is 0.251. The molecule has 0 bridgehead atoms. The van der Waals surface area contributed by atoms with Gasteiger partial charge in [0.05, 0.1) is 11.8 Å². The minimum atomic E-state index is 0.0789. The Bertz CT molecular complexity index is 360. The average molecular weight is 208 g/mol. The lowest BCUT2D eigenvalue weighted by Gasteiger charge is -2.33. The van der Waals surface area contributed by atoms with Gasteiger partial charge < -0.3 is 10.2 Å². The lowest BCUT2D eigenvalue weighted by atomic mass is 10.1. The van der Waals surface area contributed by atoms with Crippen LogP contribution in [0.4, 0.5) is 0 Å². The minimum absolute atomic E-state index is 0.0789. The van der Waals surface area contributed by atoms with Gasteiger partial charge in [-0.3, -0.25) is 9.89 Å². The second-order valence-corrected chi connectivity index (χ2v) is 3.96. The molecule has 5 heteroatoms. The Kier molecular flexibility index (Phi) is 2.73. The molecule has 1 amide bonds. The van der Waals surface area contributed by atoms with Crippen molar-refractivity contribution in [3.05, 3.63) is 17.5 Å². The highest BCUT2D eigenvalue weighted by Crippen LogP contribution is 2.11. The first-order valence-corrected chi connectivity index (χ1v) is 5.22. The highest BCUT2D eigenvalue weighted by Gasteiger charge is 2.25. The third kappa shape index (κ3) is 1.87. The highest BCUT2D eigenvalue weighted by molar-refractivity contribution is 5.95. The number of piperazine rings is 1. The van der Waals surface area contributed by atoms with Gasteiger partial charge in [-0.25, -0.2) is 0 Å². The zero-order valence-corrected chi connectivity index (χ0v) is 9.08. The quantitative estimate of drug-likeness (QED) is 0.690. The maximum absolute atomic E-state index is 12.1. The molecule has 1 aromatic heterocycles. The topological polar surface area (TPSA) is 61.0 Å². The van der Waals surface area contributed by atoms with Gasteiger partial charge in [-0.05, 0) is 13.8 Å². The van der Waals surface area contributed by atoms with Gasteiger partial charge >= 0.3 is 0 Å². The smallest absolute Gasteiger partial charge is 0.257 e. The standard InChI is InChI=1S/C10H16N4O/c1-7-5-11-3-4-14(7)10(15)9-6-12-13-8(9)2/h6-7,11H,3-5H2,1-2H3,(H,12,13)/t7-/m0/s1. The number of rotatable bonds is 1. The molecule has 0 aliphatic carbocycles. The molecule has 0 spiro atoms. The van der Waals surface area contributed by atoms with Crippen molar-refractivity contribution in [2.75, 3.05) is 19.6 Å². The largest absolute Gasteiger partial charge is 0.333 e. The van der Waals surface area contributed by atoms with E-state index in [2.05, 4.69) is 22.4 Å². The van der Waals surface area contributed by atoms with E-state index >= 15 is 0 Å². The van der Waals surface area contributed by atoms with Crippen molar-refractivity contribution in [3.63, 3.8) is 0 Å². The SMILES string of the molecule is Cc1[nH]ncc1C(=O)N1CCNC[C@@H]1C. The fourth-order valence-corrected chi connectivity index (χ4v) is 1.86. The highest BCUT2D eigenvalue weighted by atomic mass is 16.2. The van der Waals surface area contributed by atoms with Crippen LogP contribution in [0.15, 0.2) is 6.20 Å². The monoisotopic (exact) mass is 208 g/mol. The summed E-state index contributed by atoms with van der Waals surface area (Å²) in [6.07, 6.45) is 1.60. The van der Waals surface area contributed by atoms with E-state index in [4.69, 9.17) is 0 Å². The van der Waals surface area contributed by atoms with E-state index in [1.54, 1.807) is 6.20 Å². The van der Waals surface area contributed by atoms with Crippen molar-refractivity contribution in [3.8, 4) is 0 Å². The Labute approximate surface area is 88.8 Å². The Morgan fingerprint density at radius 2 is 2.47 bits per heavy atom. The van der Waals surface area contributed by atoms with Gasteiger partial charge in [0.1, 0.15) is 0 Å². The van der Waals surface area contributed by atoms with Crippen molar-refractivity contribution in [2.45, 2.75) is 19.9 Å². The number of carbonyl (C=O) groups is 1. The van der Waals surface area contributed by atoms with Crippen molar-refractivity contribution < 1.29 is 4.79 Å². The van der Waals surface area contributed by atoms with Crippen molar-refractivity contribution in [2.24, 2.45) is 0 Å². The fraction of sp³-hybridized carbons (Fsp3) is 0.600. The molecule has 1 aliphatic heterocycles. The number of nitrogens with zero attached hydrogens (tertiary/aromatic N) is 2. The number of carbonyl (C=O) groups excluding carboxylic acids is 1. The number of aromatic amines is 1. The molecule has 2 N–H and O–H groups in total. The molecule has 1 fully saturated rings. The molecule has 15 heavy (non-hydrogen) atoms. The van der Waals surface area contributed by atoms with Gasteiger partial charge in [-0.1, -0.05) is 0 Å². The predicted molar refractivity (Wildman–Crippen MR) is 56.7 cm³/mol. The molecule has 2 heterocycles. The molecule has 0 radical (unpaired) electrons. The van der Waals surface area contributed by atoms with Gasteiger partial charge in [0.15, 0.2) is 0 Å². The zero-order chi connectivity index (χ0) is 10.8. The van der Waals surface area contributed by atoms with E-state index in [0.29, 0.717) is 5.56 Å². The first-order valence-electron chi connectivity index (χ1n) is 5.22. The Morgan fingerprint density at radius 3 is 3.07 bits per heavy atom. The first kappa shape index (κ1) is 10.2. The van der Waals surface area contributed by atoms with E-state index in [-0.39, 0.29) is 11.9 Å². The summed E-state index contributed by atoms with van der Waals surface area (Å²) in [4.78, 5) is 14.0. The van der Waals surface area contributed by atoms with Crippen molar-refractivity contribution in [1.29, 1.82) is 0 Å². The maximum Gasteiger partial charge on any atom is 0.257 e. The summed E-state index contributed by atoms with van der Waals surface area (Å²) < 4.78 is 0. The molecule has 1 aromatic rings. The fourth-order valence-electron chi connectivity index (χ4n) is 1.86. The lowest BCUT2D eigenvalue weighted by molar-refractivity contribution is 0.0655. The number of nitrogens with one attached hydrogen (secondary N) is 2. The number of aromatic nitrogens is 2. The van der Waals surface area contributed by atoms with Gasteiger partial charge in [0.2, 0.25) is 0 Å². The lowest BCUT2D eigenvalue weighted by Crippen LogP contribution is -2.52. The normalized spacial score (nSPS) is 21.7. The van der Waals surface area contributed by atoms with Gasteiger partial charge in [0.25, 0.3) is 5.91 Å². The number of amides is 1. The molecule has 2 rings (SSSR count). The van der Waals surface area contributed by atoms with Gasteiger partial charge in [-0.2, -0.15) is 5.10 Å². The molecule has 5 nitrogen and oxygen atoms in total. The number of H-pyrrole nitrogens is 1. The molecule has 0 unspecified atom stereocenters. The van der Waals surface area contributed by atoms with E-state index in [9.17, 15) is 4.79 Å². The summed E-state index contributed by atoms with van der Waals surface area (Å²) in [6.45, 7) is 6.42. The van der Waals surface area contributed by atoms with Crippen LogP contribution >= 0.6 is 0 Å². The Balaban J connectivity index is 2.17. The summed E-state index contributed by atoms with van der Waals surface area (Å²) in [5.74, 6) is 0.0789. The van der Waals surface area contributed by atoms with Crippen LogP contribution < -0.4 is 5.32 Å². The maximum atomic E-state index is 12.1. The van der Waals surface area contributed by atoms with E-state index < -0.39 is 0 Å². The van der Waals surface area contributed by atoms with Crippen LogP contribution in [-0.4, -0.2) is 46.7 Å². The second-order valence-electron chi connectivity index (χ2n) is 3.96. The number of hydrogen-bond acceptors (Lipinski definition) is 3. The van der Waals surface area contributed by atoms with Crippen LogP contribution in [0.25, 0.3) is 0 Å². The van der Waals surface area contributed by atoms with Crippen molar-refractivity contribution >= 4 is 5.91 Å². The molecule has 0 aromatic carbocycles. The van der Waals surface area contributed by atoms with Crippen LogP contribution in [0.5, 0.6) is 0 Å². The molecule has 0 saturated carbocycles. The average Bonchev–Trinajstić information content (AvgIpc) is 2.64. The summed E-state index contributed by atoms with van der Waals surface area (Å²) in [7, 11) is 0. The van der Waals surface area contributed by atoms with E-state index in [1.807, 2.05) is 11.8 Å². The minimum Gasteiger partial charge on any atom is -0.333 e. The van der Waals surface area contributed by atoms with E-state index in [0.717, 1.165) is 25.3 Å². The summed E-state index contributed by atoms with van der Waals surface area (Å²) >= 11 is 0. The Morgan fingerprint density at radius 1 is 1.67 bits per heavy atom. The molecule has 1 atom stereocenters. The zero-order valence-electron chi connectivity index (χ0n) is 9.08. The molecule has 1 aliphatic rings. The number of hydrogen-bond donors (Lipinski definition) is 2. The van der Waals surface area contributed by atoms with Gasteiger partial charge in [-0.15, -0.1) is 0 Å². The van der Waals surface area contributed by atoms with Crippen molar-refractivity contribution in [1.82, 2.24) is 20.4 Å². The van der Waals surface area contributed by atoms with Crippen LogP contribution in [0.2, 0.25) is 0 Å². The third-order valence-corrected chi connectivity index (χ3v) is 2.82. The van der Waals surface area contributed by atoms with Crippen LogP contribution in [0.1, 0.15) is 23.0 Å². The third-order valence-electron chi connectivity index (χ3n) is 2.82. The van der Waals surface area contributed by atoms with Crippen LogP contribution in [0.3, 0.4) is 0 Å². The molecular formula is C10H16N4O. The number of aryl methyl sites for hydroxylation is 1. The van der Waals surface area contributed by atoms with Gasteiger partial charge in [0, 0.05) is 31.4 Å². The second kappa shape index (κ2) is 4.02. The first-order chi connectivity index (χ1) is 7.20. The summed E-state index contributed by atoms with van der Waals surface area (Å²) in [5, 5.41) is 9.93. The molecule has 1 saturated heterocycles. The molecule has 82 valence electrons. The predicted octanol–water partition coefficient (Wildman–Crippen LogP) is 0.152. The molecular weight excluding hydrogens is 192 g/mol. The summed E-state index contributed by atoms with van der Waals surface area (Å²) in [5.41, 5.74) is 1.52.